The molecule has 0 saturated carbocycles. The molecule has 2 rings (SSSR count). The Morgan fingerprint density at radius 1 is 1.21 bits per heavy atom. The molecular formula is C16H17ClN2O4S. The SMILES string of the molecule is COc1cc(OC)c(NC(=O)[C@@H](C)NC(=O)c2cccs2)cc1Cl. The molecule has 2 amide bonds. The second-order valence-electron chi connectivity index (χ2n) is 4.85. The molecule has 0 aliphatic heterocycles. The van der Waals surface area contributed by atoms with E-state index >= 15 is 0 Å². The maximum Gasteiger partial charge on any atom is 0.261 e. The van der Waals surface area contributed by atoms with Crippen molar-refractivity contribution in [1.82, 2.24) is 5.32 Å². The number of methoxy groups -OCH3 is 2. The number of amides is 2. The van der Waals surface area contributed by atoms with Gasteiger partial charge in [-0.1, -0.05) is 17.7 Å². The van der Waals surface area contributed by atoms with Crippen LogP contribution in [0.15, 0.2) is 29.6 Å². The summed E-state index contributed by atoms with van der Waals surface area (Å²) in [6, 6.07) is 5.84. The quantitative estimate of drug-likeness (QED) is 0.821. The fourth-order valence-electron chi connectivity index (χ4n) is 1.94. The van der Waals surface area contributed by atoms with Gasteiger partial charge in [0, 0.05) is 6.07 Å². The van der Waals surface area contributed by atoms with Gasteiger partial charge in [-0.05, 0) is 24.4 Å². The van der Waals surface area contributed by atoms with Crippen LogP contribution >= 0.6 is 22.9 Å². The van der Waals surface area contributed by atoms with Gasteiger partial charge in [0.2, 0.25) is 5.91 Å². The molecule has 24 heavy (non-hydrogen) atoms. The molecular weight excluding hydrogens is 352 g/mol. The predicted molar refractivity (Wildman–Crippen MR) is 94.4 cm³/mol. The zero-order valence-corrected chi connectivity index (χ0v) is 15.0. The minimum atomic E-state index is -0.731. The maximum atomic E-state index is 12.3. The van der Waals surface area contributed by atoms with Crippen molar-refractivity contribution >= 4 is 40.4 Å². The highest BCUT2D eigenvalue weighted by Crippen LogP contribution is 2.35. The standard InChI is InChI=1S/C16H17ClN2O4S/c1-9(18-16(21)14-5-4-6-24-14)15(20)19-11-7-10(17)12(22-2)8-13(11)23-3/h4-9H,1-3H3,(H,18,21)(H,19,20)/t9-/m1/s1. The molecule has 2 aromatic rings. The van der Waals surface area contributed by atoms with Gasteiger partial charge in [-0.25, -0.2) is 0 Å². The van der Waals surface area contributed by atoms with Crippen molar-refractivity contribution < 1.29 is 19.1 Å². The van der Waals surface area contributed by atoms with E-state index in [0.29, 0.717) is 27.1 Å². The van der Waals surface area contributed by atoms with Crippen LogP contribution in [0, 0.1) is 0 Å². The minimum Gasteiger partial charge on any atom is -0.495 e. The molecule has 6 nitrogen and oxygen atoms in total. The van der Waals surface area contributed by atoms with E-state index < -0.39 is 6.04 Å². The van der Waals surface area contributed by atoms with Gasteiger partial charge in [0.25, 0.3) is 5.91 Å². The fraction of sp³-hybridized carbons (Fsp3) is 0.250. The van der Waals surface area contributed by atoms with E-state index in [1.54, 1.807) is 30.5 Å². The van der Waals surface area contributed by atoms with Crippen LogP contribution in [0.2, 0.25) is 5.02 Å². The Kier molecular flexibility index (Phi) is 6.05. The van der Waals surface area contributed by atoms with Gasteiger partial charge in [0.1, 0.15) is 17.5 Å². The van der Waals surface area contributed by atoms with Crippen molar-refractivity contribution in [2.75, 3.05) is 19.5 Å². The van der Waals surface area contributed by atoms with E-state index in [1.807, 2.05) is 0 Å². The maximum absolute atomic E-state index is 12.3. The van der Waals surface area contributed by atoms with Crippen LogP contribution in [-0.2, 0) is 4.79 Å². The number of carbonyl (C=O) groups is 2. The molecule has 0 unspecified atom stereocenters. The van der Waals surface area contributed by atoms with Crippen molar-refractivity contribution in [2.24, 2.45) is 0 Å². The van der Waals surface area contributed by atoms with E-state index in [0.717, 1.165) is 0 Å². The summed E-state index contributed by atoms with van der Waals surface area (Å²) in [5.41, 5.74) is 0.394. The summed E-state index contributed by atoms with van der Waals surface area (Å²) in [4.78, 5) is 24.8. The predicted octanol–water partition coefficient (Wildman–Crippen LogP) is 3.18. The molecule has 1 heterocycles. The molecule has 0 aliphatic rings. The minimum absolute atomic E-state index is 0.299. The van der Waals surface area contributed by atoms with Crippen molar-refractivity contribution in [3.63, 3.8) is 0 Å². The molecule has 1 aromatic carbocycles. The van der Waals surface area contributed by atoms with Gasteiger partial charge in [0.15, 0.2) is 0 Å². The van der Waals surface area contributed by atoms with Gasteiger partial charge in [-0.2, -0.15) is 0 Å². The average molecular weight is 369 g/mol. The number of halogens is 1. The second-order valence-corrected chi connectivity index (χ2v) is 6.20. The molecule has 1 atom stereocenters. The Morgan fingerprint density at radius 3 is 2.50 bits per heavy atom. The molecule has 0 bridgehead atoms. The number of nitrogens with one attached hydrogen (secondary N) is 2. The molecule has 0 spiro atoms. The second kappa shape index (κ2) is 8.03. The molecule has 8 heteroatoms. The van der Waals surface area contributed by atoms with Crippen molar-refractivity contribution in [2.45, 2.75) is 13.0 Å². The number of anilines is 1. The monoisotopic (exact) mass is 368 g/mol. The van der Waals surface area contributed by atoms with Gasteiger partial charge in [0.05, 0.1) is 29.8 Å². The average Bonchev–Trinajstić information content (AvgIpc) is 3.09. The van der Waals surface area contributed by atoms with Gasteiger partial charge in [-0.3, -0.25) is 9.59 Å². The zero-order valence-electron chi connectivity index (χ0n) is 13.4. The largest absolute Gasteiger partial charge is 0.495 e. The van der Waals surface area contributed by atoms with Crippen molar-refractivity contribution in [1.29, 1.82) is 0 Å². The smallest absolute Gasteiger partial charge is 0.261 e. The Morgan fingerprint density at radius 2 is 1.92 bits per heavy atom. The van der Waals surface area contributed by atoms with E-state index in [4.69, 9.17) is 21.1 Å². The first-order valence-corrected chi connectivity index (χ1v) is 8.28. The summed E-state index contributed by atoms with van der Waals surface area (Å²) in [7, 11) is 2.96. The number of rotatable bonds is 6. The van der Waals surface area contributed by atoms with Crippen LogP contribution in [0.4, 0.5) is 5.69 Å². The van der Waals surface area contributed by atoms with E-state index in [2.05, 4.69) is 10.6 Å². The zero-order chi connectivity index (χ0) is 17.7. The van der Waals surface area contributed by atoms with Crippen LogP contribution in [-0.4, -0.2) is 32.1 Å². The summed E-state index contributed by atoms with van der Waals surface area (Å²) >= 11 is 7.38. The van der Waals surface area contributed by atoms with E-state index in [9.17, 15) is 9.59 Å². The number of hydrogen-bond donors (Lipinski definition) is 2. The van der Waals surface area contributed by atoms with Crippen molar-refractivity contribution in [3.8, 4) is 11.5 Å². The Labute approximate surface area is 148 Å². The lowest BCUT2D eigenvalue weighted by Gasteiger charge is -2.16. The Balaban J connectivity index is 2.08. The van der Waals surface area contributed by atoms with Crippen LogP contribution in [0.3, 0.4) is 0 Å². The van der Waals surface area contributed by atoms with Crippen LogP contribution in [0.5, 0.6) is 11.5 Å². The van der Waals surface area contributed by atoms with Gasteiger partial charge in [-0.15, -0.1) is 11.3 Å². The number of carbonyl (C=O) groups excluding carboxylic acids is 2. The van der Waals surface area contributed by atoms with E-state index in [-0.39, 0.29) is 11.8 Å². The normalized spacial score (nSPS) is 11.5. The summed E-state index contributed by atoms with van der Waals surface area (Å²) in [5, 5.41) is 7.46. The molecule has 1 aromatic heterocycles. The first-order chi connectivity index (χ1) is 11.5. The van der Waals surface area contributed by atoms with Crippen molar-refractivity contribution in [3.05, 3.63) is 39.5 Å². The highest BCUT2D eigenvalue weighted by Gasteiger charge is 2.19. The molecule has 0 aliphatic carbocycles. The summed E-state index contributed by atoms with van der Waals surface area (Å²) < 4.78 is 10.3. The third-order valence-corrected chi connectivity index (χ3v) is 4.38. The van der Waals surface area contributed by atoms with Crippen LogP contribution in [0.1, 0.15) is 16.6 Å². The number of ether oxygens (including phenoxy) is 2. The van der Waals surface area contributed by atoms with Crippen LogP contribution < -0.4 is 20.1 Å². The van der Waals surface area contributed by atoms with E-state index in [1.165, 1.54) is 31.6 Å². The molecule has 0 fully saturated rings. The molecule has 2 N–H and O–H groups in total. The summed E-state index contributed by atoms with van der Waals surface area (Å²) in [5.74, 6) is 0.152. The molecule has 0 radical (unpaired) electrons. The first kappa shape index (κ1) is 18.1. The molecule has 0 saturated heterocycles. The van der Waals surface area contributed by atoms with Crippen LogP contribution in [0.25, 0.3) is 0 Å². The number of hydrogen-bond acceptors (Lipinski definition) is 5. The third-order valence-electron chi connectivity index (χ3n) is 3.22. The number of thiophene rings is 1. The van der Waals surface area contributed by atoms with Gasteiger partial charge >= 0.3 is 0 Å². The lowest BCUT2D eigenvalue weighted by Crippen LogP contribution is -2.41. The van der Waals surface area contributed by atoms with Gasteiger partial charge < -0.3 is 20.1 Å². The Bertz CT molecular complexity index is 734. The fourth-order valence-corrected chi connectivity index (χ4v) is 2.81. The highest BCUT2D eigenvalue weighted by atomic mass is 35.5. The summed E-state index contributed by atoms with van der Waals surface area (Å²) in [6.07, 6.45) is 0. The third kappa shape index (κ3) is 4.18. The summed E-state index contributed by atoms with van der Waals surface area (Å²) in [6.45, 7) is 1.60. The topological polar surface area (TPSA) is 76.7 Å². The molecule has 128 valence electrons. The lowest BCUT2D eigenvalue weighted by atomic mass is 10.2. The Hall–Kier alpha value is -2.25. The number of benzene rings is 1. The lowest BCUT2D eigenvalue weighted by molar-refractivity contribution is -0.117. The highest BCUT2D eigenvalue weighted by molar-refractivity contribution is 7.12. The first-order valence-electron chi connectivity index (χ1n) is 7.03.